The van der Waals surface area contributed by atoms with Gasteiger partial charge in [0.2, 0.25) is 5.91 Å². The number of carbonyl (C=O) groups is 3. The summed E-state index contributed by atoms with van der Waals surface area (Å²) in [4.78, 5) is 42.3. The van der Waals surface area contributed by atoms with Gasteiger partial charge in [-0.15, -0.1) is 6.58 Å². The summed E-state index contributed by atoms with van der Waals surface area (Å²) >= 11 is 3.52. The predicted molar refractivity (Wildman–Crippen MR) is 122 cm³/mol. The number of hydrogen-bond acceptors (Lipinski definition) is 6. The molecule has 4 rings (SSSR count). The molecule has 9 nitrogen and oxygen atoms in total. The highest BCUT2D eigenvalue weighted by Crippen LogP contribution is 2.60. The molecule has 2 amide bonds. The second kappa shape index (κ2) is 9.08. The minimum Gasteiger partial charge on any atom is -0.497 e. The van der Waals surface area contributed by atoms with Crippen LogP contribution in [0.1, 0.15) is 12.8 Å². The zero-order chi connectivity index (χ0) is 23.9. The molecule has 178 valence electrons. The van der Waals surface area contributed by atoms with Gasteiger partial charge in [0.1, 0.15) is 17.4 Å². The molecule has 3 fully saturated rings. The van der Waals surface area contributed by atoms with E-state index >= 15 is 0 Å². The third-order valence-electron chi connectivity index (χ3n) is 6.83. The molecule has 2 bridgehead atoms. The number of carbonyl (C=O) groups excluding carboxylic acids is 2. The SMILES string of the molecule is C=CCN(C(=O)[C@H]1N(CCCO)C(=O)[C@@H]2[C@@H](C(=O)O)[C@@H]3O[C@@]21CC3Br)c1ccc(OC)cc1. The number of alkyl halides is 1. The molecular formula is C23H27BrN2O7. The molecule has 6 atom stereocenters. The first kappa shape index (κ1) is 23.7. The van der Waals surface area contributed by atoms with E-state index in [1.54, 1.807) is 37.5 Å². The third kappa shape index (κ3) is 3.64. The van der Waals surface area contributed by atoms with E-state index in [9.17, 15) is 24.6 Å². The zero-order valence-electron chi connectivity index (χ0n) is 18.2. The number of benzene rings is 1. The average Bonchev–Trinajstić information content (AvgIpc) is 3.39. The van der Waals surface area contributed by atoms with Crippen LogP contribution in [0, 0.1) is 11.8 Å². The van der Waals surface area contributed by atoms with Gasteiger partial charge < -0.3 is 29.5 Å². The van der Waals surface area contributed by atoms with E-state index in [0.29, 0.717) is 17.9 Å². The highest BCUT2D eigenvalue weighted by atomic mass is 79.9. The highest BCUT2D eigenvalue weighted by Gasteiger charge is 2.76. The van der Waals surface area contributed by atoms with Gasteiger partial charge in [0.15, 0.2) is 0 Å². The molecule has 1 aromatic carbocycles. The van der Waals surface area contributed by atoms with Crippen molar-refractivity contribution in [3.8, 4) is 5.75 Å². The molecule has 0 aliphatic carbocycles. The van der Waals surface area contributed by atoms with Crippen LogP contribution in [-0.2, 0) is 19.1 Å². The molecule has 0 aromatic heterocycles. The van der Waals surface area contributed by atoms with Crippen LogP contribution in [0.2, 0.25) is 0 Å². The summed E-state index contributed by atoms with van der Waals surface area (Å²) in [5, 5.41) is 19.3. The van der Waals surface area contributed by atoms with Crippen molar-refractivity contribution in [2.75, 3.05) is 31.7 Å². The first-order valence-electron chi connectivity index (χ1n) is 10.8. The number of fused-ring (bicyclic) bond motifs is 1. The van der Waals surface area contributed by atoms with Crippen LogP contribution in [0.25, 0.3) is 0 Å². The van der Waals surface area contributed by atoms with Crippen LogP contribution in [0.5, 0.6) is 5.75 Å². The molecule has 3 aliphatic rings. The Morgan fingerprint density at radius 1 is 1.39 bits per heavy atom. The lowest BCUT2D eigenvalue weighted by Gasteiger charge is -2.37. The minimum atomic E-state index is -1.25. The number of aliphatic carboxylic acids is 1. The van der Waals surface area contributed by atoms with Crippen LogP contribution in [0.4, 0.5) is 5.69 Å². The number of hydrogen-bond donors (Lipinski definition) is 2. The Labute approximate surface area is 200 Å². The van der Waals surface area contributed by atoms with E-state index < -0.39 is 41.5 Å². The van der Waals surface area contributed by atoms with E-state index in [2.05, 4.69) is 22.5 Å². The van der Waals surface area contributed by atoms with Crippen molar-refractivity contribution >= 4 is 39.4 Å². The van der Waals surface area contributed by atoms with Crippen LogP contribution in [0.15, 0.2) is 36.9 Å². The zero-order valence-corrected chi connectivity index (χ0v) is 19.8. The summed E-state index contributed by atoms with van der Waals surface area (Å²) in [6.45, 7) is 3.92. The normalized spacial score (nSPS) is 32.0. The van der Waals surface area contributed by atoms with Crippen LogP contribution >= 0.6 is 15.9 Å². The number of aliphatic hydroxyl groups is 1. The highest BCUT2D eigenvalue weighted by molar-refractivity contribution is 9.09. The van der Waals surface area contributed by atoms with Gasteiger partial charge in [0.05, 0.1) is 25.0 Å². The van der Waals surface area contributed by atoms with Crippen molar-refractivity contribution in [3.63, 3.8) is 0 Å². The van der Waals surface area contributed by atoms with Crippen molar-refractivity contribution < 1.29 is 34.1 Å². The van der Waals surface area contributed by atoms with Gasteiger partial charge in [-0.1, -0.05) is 22.0 Å². The first-order valence-corrected chi connectivity index (χ1v) is 11.7. The molecule has 33 heavy (non-hydrogen) atoms. The molecule has 1 spiro atoms. The first-order chi connectivity index (χ1) is 15.8. The number of rotatable bonds is 9. The number of methoxy groups -OCH3 is 1. The molecule has 0 saturated carbocycles. The fourth-order valence-corrected chi connectivity index (χ4v) is 6.48. The molecule has 3 aliphatic heterocycles. The number of aliphatic hydroxyl groups excluding tert-OH is 1. The van der Waals surface area contributed by atoms with Crippen LogP contribution in [0.3, 0.4) is 0 Å². The predicted octanol–water partition coefficient (Wildman–Crippen LogP) is 1.43. The van der Waals surface area contributed by atoms with E-state index in [4.69, 9.17) is 9.47 Å². The van der Waals surface area contributed by atoms with Gasteiger partial charge in [-0.3, -0.25) is 14.4 Å². The van der Waals surface area contributed by atoms with E-state index in [1.807, 2.05) is 0 Å². The second-order valence-electron chi connectivity index (χ2n) is 8.55. The summed E-state index contributed by atoms with van der Waals surface area (Å²) in [6.07, 6.45) is 1.50. The van der Waals surface area contributed by atoms with E-state index in [1.165, 1.54) is 9.80 Å². The molecule has 3 saturated heterocycles. The van der Waals surface area contributed by atoms with Gasteiger partial charge in [0.25, 0.3) is 5.91 Å². The smallest absolute Gasteiger partial charge is 0.310 e. The Morgan fingerprint density at radius 3 is 2.67 bits per heavy atom. The summed E-state index contributed by atoms with van der Waals surface area (Å²) in [5.74, 6) is -3.27. The van der Waals surface area contributed by atoms with Crippen molar-refractivity contribution in [1.29, 1.82) is 0 Å². The summed E-state index contributed by atoms with van der Waals surface area (Å²) < 4.78 is 11.4. The van der Waals surface area contributed by atoms with Crippen molar-refractivity contribution in [2.24, 2.45) is 11.8 Å². The molecule has 1 aromatic rings. The largest absolute Gasteiger partial charge is 0.497 e. The third-order valence-corrected chi connectivity index (χ3v) is 7.67. The Kier molecular flexibility index (Phi) is 6.52. The topological polar surface area (TPSA) is 117 Å². The Morgan fingerprint density at radius 2 is 2.09 bits per heavy atom. The minimum absolute atomic E-state index is 0.127. The van der Waals surface area contributed by atoms with Crippen molar-refractivity contribution in [1.82, 2.24) is 4.90 Å². The monoisotopic (exact) mass is 522 g/mol. The lowest BCUT2D eigenvalue weighted by molar-refractivity contribution is -0.149. The Hall–Kier alpha value is -2.43. The summed E-state index contributed by atoms with van der Waals surface area (Å²) in [7, 11) is 1.55. The Bertz CT molecular complexity index is 955. The maximum absolute atomic E-state index is 14.1. The molecule has 1 unspecified atom stereocenters. The quantitative estimate of drug-likeness (QED) is 0.372. The molecular weight excluding hydrogens is 496 g/mol. The number of halogens is 1. The van der Waals surface area contributed by atoms with E-state index in [-0.39, 0.29) is 36.9 Å². The van der Waals surface area contributed by atoms with Gasteiger partial charge >= 0.3 is 5.97 Å². The fraction of sp³-hybridized carbons (Fsp3) is 0.522. The number of amides is 2. The number of likely N-dealkylation sites (tertiary alicyclic amines) is 1. The van der Waals surface area contributed by atoms with Crippen LogP contribution < -0.4 is 9.64 Å². The molecule has 3 heterocycles. The number of nitrogens with zero attached hydrogens (tertiary/aromatic N) is 2. The number of carboxylic acid groups (broad SMARTS) is 1. The fourth-order valence-electron chi connectivity index (χ4n) is 5.53. The molecule has 0 radical (unpaired) electrons. The number of anilines is 1. The molecule has 2 N–H and O–H groups in total. The van der Waals surface area contributed by atoms with E-state index in [0.717, 1.165) is 0 Å². The second-order valence-corrected chi connectivity index (χ2v) is 9.72. The van der Waals surface area contributed by atoms with Gasteiger partial charge in [-0.05, 0) is 37.1 Å². The van der Waals surface area contributed by atoms with Gasteiger partial charge in [0, 0.05) is 30.2 Å². The van der Waals surface area contributed by atoms with Crippen LogP contribution in [-0.4, -0.2) is 82.3 Å². The summed E-state index contributed by atoms with van der Waals surface area (Å²) in [5.41, 5.74) is -0.662. The van der Waals surface area contributed by atoms with Crippen molar-refractivity contribution in [2.45, 2.75) is 35.4 Å². The summed E-state index contributed by atoms with van der Waals surface area (Å²) in [6, 6.07) is 5.93. The maximum atomic E-state index is 14.1. The van der Waals surface area contributed by atoms with Gasteiger partial charge in [-0.25, -0.2) is 0 Å². The maximum Gasteiger partial charge on any atom is 0.310 e. The number of ether oxygens (including phenoxy) is 2. The Balaban J connectivity index is 1.77. The average molecular weight is 523 g/mol. The van der Waals surface area contributed by atoms with Gasteiger partial charge in [-0.2, -0.15) is 0 Å². The van der Waals surface area contributed by atoms with Crippen molar-refractivity contribution in [3.05, 3.63) is 36.9 Å². The number of carboxylic acids is 1. The lowest BCUT2D eigenvalue weighted by Crippen LogP contribution is -2.57. The lowest BCUT2D eigenvalue weighted by atomic mass is 9.70. The standard InChI is InChI=1S/C23H27BrN2O7/c1-3-9-25(13-5-7-14(32-2)8-6-13)21(29)19-23-12-15(24)18(33-23)16(22(30)31)17(23)20(28)26(19)10-4-11-27/h3,5-8,15-19,27H,1,4,9-12H2,2H3,(H,30,31)/t15?,16-,17+,18-,19-,23+/m1/s1. The molecule has 10 heteroatoms.